The third-order valence-corrected chi connectivity index (χ3v) is 6.71. The number of nitrogens with one attached hydrogen (secondary N) is 2. The number of rotatable bonds is 10. The molecule has 0 aliphatic rings. The van der Waals surface area contributed by atoms with Crippen LogP contribution in [0, 0.1) is 0 Å². The predicted molar refractivity (Wildman–Crippen MR) is 134 cm³/mol. The molecule has 0 saturated heterocycles. The largest absolute Gasteiger partial charge is 0.465 e. The first-order valence-electron chi connectivity index (χ1n) is 10.8. The summed E-state index contributed by atoms with van der Waals surface area (Å²) < 4.78 is 44.0. The summed E-state index contributed by atoms with van der Waals surface area (Å²) in [4.78, 5) is 52.7. The molecule has 2 N–H and O–H groups in total. The molecule has 0 aliphatic carbocycles. The topological polar surface area (TPSA) is 136 Å². The summed E-state index contributed by atoms with van der Waals surface area (Å²) in [5, 5.41) is 4.73. The first-order valence-corrected chi connectivity index (χ1v) is 12.4. The van der Waals surface area contributed by atoms with Gasteiger partial charge in [0.1, 0.15) is 40.1 Å². The molecule has 10 nitrogen and oxygen atoms in total. The minimum absolute atomic E-state index is 0.0660. The number of amides is 1. The molecular weight excluding hydrogens is 572 g/mol. The number of carbonyl (C=O) groups is 3. The first kappa shape index (κ1) is 29.2. The standard InChI is InChI=1S/C22H19Cl2F3N6O4S/c1-3-37-16(35)8-29-19-17(24)18(31-9-32-19)13(34)4-10(2)21-30-7-14(38-21)20(36)33-15-5-11(22(25,26)27)12(23)6-28-15/h5-7,9-10H,3-4,8H2,1-2H3,(H,28,33,36)(H,29,31,32). The normalized spacial score (nSPS) is 12.1. The zero-order valence-corrected chi connectivity index (χ0v) is 22.1. The molecule has 1 atom stereocenters. The summed E-state index contributed by atoms with van der Waals surface area (Å²) in [5.74, 6) is -2.40. The number of Topliss-reactive ketones (excluding diaryl/α,β-unsaturated/α-hetero) is 1. The molecule has 1 amide bonds. The molecule has 0 saturated carbocycles. The molecule has 0 aromatic carbocycles. The van der Waals surface area contributed by atoms with E-state index in [9.17, 15) is 27.6 Å². The van der Waals surface area contributed by atoms with Crippen LogP contribution in [-0.2, 0) is 15.7 Å². The van der Waals surface area contributed by atoms with E-state index >= 15 is 0 Å². The monoisotopic (exact) mass is 590 g/mol. The predicted octanol–water partition coefficient (Wildman–Crippen LogP) is 5.26. The summed E-state index contributed by atoms with van der Waals surface area (Å²) in [6.07, 6.45) is -1.63. The number of hydrogen-bond donors (Lipinski definition) is 2. The SMILES string of the molecule is CCOC(=O)CNc1ncnc(C(=O)CC(C)c2ncc(C(=O)Nc3cc(C(F)(F)F)c(Cl)cn3)s2)c1Cl. The lowest BCUT2D eigenvalue weighted by Crippen LogP contribution is -2.18. The maximum Gasteiger partial charge on any atom is 0.418 e. The average Bonchev–Trinajstić information content (AvgIpc) is 3.35. The smallest absolute Gasteiger partial charge is 0.418 e. The molecule has 3 rings (SSSR count). The Bertz CT molecular complexity index is 1350. The molecular formula is C22H19Cl2F3N6O4S. The number of carbonyl (C=O) groups excluding carboxylic acids is 3. The van der Waals surface area contributed by atoms with Crippen LogP contribution in [0.5, 0.6) is 0 Å². The van der Waals surface area contributed by atoms with Crippen LogP contribution in [0.1, 0.15) is 56.9 Å². The van der Waals surface area contributed by atoms with Crippen molar-refractivity contribution in [1.29, 1.82) is 0 Å². The summed E-state index contributed by atoms with van der Waals surface area (Å²) in [6.45, 7) is 3.36. The van der Waals surface area contributed by atoms with E-state index in [4.69, 9.17) is 27.9 Å². The van der Waals surface area contributed by atoms with Gasteiger partial charge in [0.05, 0.1) is 28.4 Å². The minimum atomic E-state index is -4.72. The second-order valence-electron chi connectivity index (χ2n) is 7.64. The van der Waals surface area contributed by atoms with Crippen LogP contribution in [0.2, 0.25) is 10.0 Å². The molecule has 3 heterocycles. The van der Waals surface area contributed by atoms with Crippen LogP contribution >= 0.6 is 34.5 Å². The van der Waals surface area contributed by atoms with Gasteiger partial charge in [-0.05, 0) is 13.0 Å². The Balaban J connectivity index is 1.66. The molecule has 38 heavy (non-hydrogen) atoms. The molecule has 202 valence electrons. The van der Waals surface area contributed by atoms with E-state index in [1.54, 1.807) is 13.8 Å². The van der Waals surface area contributed by atoms with Crippen molar-refractivity contribution in [2.24, 2.45) is 0 Å². The third-order valence-electron chi connectivity index (χ3n) is 4.82. The highest BCUT2D eigenvalue weighted by Crippen LogP contribution is 2.35. The quantitative estimate of drug-likeness (QED) is 0.239. The lowest BCUT2D eigenvalue weighted by atomic mass is 10.0. The van der Waals surface area contributed by atoms with Crippen LogP contribution in [0.4, 0.5) is 24.8 Å². The minimum Gasteiger partial charge on any atom is -0.465 e. The van der Waals surface area contributed by atoms with Crippen molar-refractivity contribution in [1.82, 2.24) is 19.9 Å². The average molecular weight is 591 g/mol. The second kappa shape index (κ2) is 12.5. The Kier molecular flexibility index (Phi) is 9.57. The number of anilines is 2. The zero-order valence-electron chi connectivity index (χ0n) is 19.7. The molecule has 0 bridgehead atoms. The van der Waals surface area contributed by atoms with Crippen molar-refractivity contribution in [3.8, 4) is 0 Å². The molecule has 1 unspecified atom stereocenters. The van der Waals surface area contributed by atoms with Gasteiger partial charge in [0, 0.05) is 18.5 Å². The summed E-state index contributed by atoms with van der Waals surface area (Å²) in [6, 6.07) is 0.630. The van der Waals surface area contributed by atoms with Gasteiger partial charge in [0.25, 0.3) is 5.91 Å². The number of aromatic nitrogens is 4. The number of pyridine rings is 1. The molecule has 3 aromatic rings. The Morgan fingerprint density at radius 3 is 2.55 bits per heavy atom. The Labute approximate surface area is 228 Å². The fraction of sp³-hybridized carbons (Fsp3) is 0.318. The second-order valence-corrected chi connectivity index (χ2v) is 9.48. The lowest BCUT2D eigenvalue weighted by molar-refractivity contribution is -0.141. The lowest BCUT2D eigenvalue weighted by Gasteiger charge is -2.11. The van der Waals surface area contributed by atoms with Crippen LogP contribution in [0.15, 0.2) is 24.8 Å². The number of halogens is 5. The molecule has 16 heteroatoms. The van der Waals surface area contributed by atoms with E-state index in [0.717, 1.165) is 23.9 Å². The number of ether oxygens (including phenoxy) is 1. The van der Waals surface area contributed by atoms with E-state index in [1.807, 2.05) is 0 Å². The number of esters is 1. The maximum atomic E-state index is 13.1. The van der Waals surface area contributed by atoms with Gasteiger partial charge < -0.3 is 15.4 Å². The Hall–Kier alpha value is -3.36. The van der Waals surface area contributed by atoms with Crippen LogP contribution in [-0.4, -0.2) is 50.7 Å². The van der Waals surface area contributed by atoms with Gasteiger partial charge in [0.15, 0.2) is 5.78 Å². The van der Waals surface area contributed by atoms with Gasteiger partial charge in [-0.15, -0.1) is 11.3 Å². The Morgan fingerprint density at radius 1 is 1.13 bits per heavy atom. The van der Waals surface area contributed by atoms with Crippen molar-refractivity contribution in [2.45, 2.75) is 32.4 Å². The zero-order chi connectivity index (χ0) is 28.0. The van der Waals surface area contributed by atoms with Gasteiger partial charge in [-0.3, -0.25) is 14.4 Å². The summed E-state index contributed by atoms with van der Waals surface area (Å²) in [5.41, 5.74) is -1.20. The molecule has 3 aromatic heterocycles. The third kappa shape index (κ3) is 7.36. The number of alkyl halides is 3. The van der Waals surface area contributed by atoms with E-state index in [1.165, 1.54) is 6.20 Å². The van der Waals surface area contributed by atoms with Gasteiger partial charge >= 0.3 is 12.1 Å². The summed E-state index contributed by atoms with van der Waals surface area (Å²) in [7, 11) is 0. The first-order chi connectivity index (χ1) is 17.9. The van der Waals surface area contributed by atoms with Crippen LogP contribution in [0.25, 0.3) is 0 Å². The Morgan fingerprint density at radius 2 is 1.87 bits per heavy atom. The van der Waals surface area contributed by atoms with Gasteiger partial charge in [-0.25, -0.2) is 19.9 Å². The molecule has 0 spiro atoms. The van der Waals surface area contributed by atoms with Gasteiger partial charge in [0.2, 0.25) is 0 Å². The van der Waals surface area contributed by atoms with E-state index in [0.29, 0.717) is 11.1 Å². The van der Waals surface area contributed by atoms with Gasteiger partial charge in [-0.1, -0.05) is 30.1 Å². The number of nitrogens with zero attached hydrogens (tertiary/aromatic N) is 4. The number of ketones is 1. The van der Waals surface area contributed by atoms with Crippen molar-refractivity contribution in [3.63, 3.8) is 0 Å². The number of thiazole rings is 1. The fourth-order valence-electron chi connectivity index (χ4n) is 3.04. The molecule has 0 aliphatic heterocycles. The fourth-order valence-corrected chi connectivity index (χ4v) is 4.38. The highest BCUT2D eigenvalue weighted by molar-refractivity contribution is 7.13. The number of hydrogen-bond acceptors (Lipinski definition) is 10. The molecule has 0 fully saturated rings. The van der Waals surface area contributed by atoms with Crippen molar-refractivity contribution in [3.05, 3.63) is 56.0 Å². The van der Waals surface area contributed by atoms with Crippen LogP contribution < -0.4 is 10.6 Å². The highest BCUT2D eigenvalue weighted by Gasteiger charge is 2.34. The molecule has 0 radical (unpaired) electrons. The van der Waals surface area contributed by atoms with E-state index < -0.39 is 40.3 Å². The van der Waals surface area contributed by atoms with Crippen LogP contribution in [0.3, 0.4) is 0 Å². The highest BCUT2D eigenvalue weighted by atomic mass is 35.5. The van der Waals surface area contributed by atoms with Crippen molar-refractivity contribution < 1.29 is 32.3 Å². The summed E-state index contributed by atoms with van der Waals surface area (Å²) >= 11 is 12.8. The van der Waals surface area contributed by atoms with Crippen molar-refractivity contribution in [2.75, 3.05) is 23.8 Å². The van der Waals surface area contributed by atoms with Crippen molar-refractivity contribution >= 4 is 63.8 Å². The van der Waals surface area contributed by atoms with Gasteiger partial charge in [-0.2, -0.15) is 13.2 Å². The van der Waals surface area contributed by atoms with E-state index in [2.05, 4.69) is 30.6 Å². The maximum absolute atomic E-state index is 13.1. The van der Waals surface area contributed by atoms with E-state index in [-0.39, 0.29) is 46.8 Å².